The molecule has 1 amide bonds. The Kier molecular flexibility index (Phi) is 12.0. The molecule has 0 unspecified atom stereocenters. The number of nitrogens with zero attached hydrogens (tertiary/aromatic N) is 2. The fraction of sp³-hybridized carbons (Fsp3) is 0.417. The first-order chi connectivity index (χ1) is 23.1. The van der Waals surface area contributed by atoms with E-state index in [4.69, 9.17) is 21.1 Å². The van der Waals surface area contributed by atoms with Gasteiger partial charge in [-0.25, -0.2) is 4.79 Å². The number of hydrogen-bond donors (Lipinski definition) is 0. The highest BCUT2D eigenvalue weighted by molar-refractivity contribution is 6.17. The number of amides is 1. The Labute approximate surface area is 285 Å². The molecule has 3 aromatic rings. The smallest absolute Gasteiger partial charge is 0.416 e. The van der Waals surface area contributed by atoms with Crippen molar-refractivity contribution in [3.63, 3.8) is 0 Å². The summed E-state index contributed by atoms with van der Waals surface area (Å²) < 4.78 is 93.6. The Hall–Kier alpha value is -4.08. The lowest BCUT2D eigenvalue weighted by Crippen LogP contribution is -2.60. The van der Waals surface area contributed by atoms with E-state index in [-0.39, 0.29) is 68.7 Å². The number of piperidine rings is 1. The summed E-state index contributed by atoms with van der Waals surface area (Å²) >= 11 is 5.77. The number of ketones is 1. The van der Waals surface area contributed by atoms with Crippen LogP contribution in [0.4, 0.5) is 31.1 Å². The number of Topliss-reactive ketones (excluding diaryl/α,β-unsaturated/α-hetero) is 1. The first-order valence-electron chi connectivity index (χ1n) is 15.6. The SMILES string of the molecule is C[C@@H](OC[C@@]1(c2ccccc2)CC[C@](C#N)(CC(=O)CCCCl)CN1C(=O)OCc1ccccc1)c1cc(C(F)(F)F)cc(C(F)(F)F)c1. The van der Waals surface area contributed by atoms with E-state index in [1.54, 1.807) is 60.7 Å². The second kappa shape index (κ2) is 15.6. The van der Waals surface area contributed by atoms with Gasteiger partial charge < -0.3 is 9.47 Å². The minimum absolute atomic E-state index is 0.0448. The van der Waals surface area contributed by atoms with Gasteiger partial charge >= 0.3 is 18.4 Å². The van der Waals surface area contributed by atoms with Gasteiger partial charge in [0.1, 0.15) is 12.4 Å². The molecule has 3 atom stereocenters. The number of benzene rings is 3. The molecule has 1 aliphatic rings. The van der Waals surface area contributed by atoms with Crippen molar-refractivity contribution in [1.82, 2.24) is 4.90 Å². The second-order valence-corrected chi connectivity index (χ2v) is 12.6. The molecule has 0 N–H and O–H groups in total. The number of carbonyl (C=O) groups is 2. The summed E-state index contributed by atoms with van der Waals surface area (Å²) in [6.45, 7) is 0.567. The van der Waals surface area contributed by atoms with Crippen molar-refractivity contribution in [2.45, 2.75) is 69.6 Å². The van der Waals surface area contributed by atoms with Crippen LogP contribution in [0.3, 0.4) is 0 Å². The maximum absolute atomic E-state index is 14.0. The molecule has 262 valence electrons. The van der Waals surface area contributed by atoms with Crippen molar-refractivity contribution in [1.29, 1.82) is 5.26 Å². The molecule has 3 aromatic carbocycles. The van der Waals surface area contributed by atoms with Crippen LogP contribution in [-0.2, 0) is 38.8 Å². The van der Waals surface area contributed by atoms with Crippen molar-refractivity contribution in [3.05, 3.63) is 107 Å². The van der Waals surface area contributed by atoms with Crippen molar-refractivity contribution in [3.8, 4) is 6.07 Å². The van der Waals surface area contributed by atoms with Crippen molar-refractivity contribution in [2.75, 3.05) is 19.0 Å². The van der Waals surface area contributed by atoms with E-state index in [1.807, 2.05) is 0 Å². The molecule has 0 bridgehead atoms. The molecule has 49 heavy (non-hydrogen) atoms. The van der Waals surface area contributed by atoms with Crippen LogP contribution in [0, 0.1) is 16.7 Å². The van der Waals surface area contributed by atoms with Crippen molar-refractivity contribution < 1.29 is 45.4 Å². The first-order valence-corrected chi connectivity index (χ1v) is 16.1. The van der Waals surface area contributed by atoms with E-state index in [9.17, 15) is 41.2 Å². The van der Waals surface area contributed by atoms with Crippen LogP contribution >= 0.6 is 11.6 Å². The molecule has 13 heteroatoms. The summed E-state index contributed by atoms with van der Waals surface area (Å²) in [6.07, 6.45) is -11.6. The third kappa shape index (κ3) is 9.34. The maximum atomic E-state index is 14.0. The lowest BCUT2D eigenvalue weighted by atomic mass is 9.69. The van der Waals surface area contributed by atoms with Crippen LogP contribution in [0.5, 0.6) is 0 Å². The van der Waals surface area contributed by atoms with Gasteiger partial charge in [-0.15, -0.1) is 11.6 Å². The fourth-order valence-corrected chi connectivity index (χ4v) is 6.14. The Morgan fingerprint density at radius 1 is 0.939 bits per heavy atom. The summed E-state index contributed by atoms with van der Waals surface area (Å²) in [5.74, 6) is 0.0496. The zero-order valence-corrected chi connectivity index (χ0v) is 27.4. The average molecular weight is 709 g/mol. The van der Waals surface area contributed by atoms with E-state index >= 15 is 0 Å². The topological polar surface area (TPSA) is 79.6 Å². The molecule has 0 aromatic heterocycles. The number of hydrogen-bond acceptors (Lipinski definition) is 5. The minimum Gasteiger partial charge on any atom is -0.445 e. The summed E-state index contributed by atoms with van der Waals surface area (Å²) in [7, 11) is 0. The predicted octanol–water partition coefficient (Wildman–Crippen LogP) is 9.62. The zero-order chi connectivity index (χ0) is 35.9. The highest BCUT2D eigenvalue weighted by Crippen LogP contribution is 2.47. The van der Waals surface area contributed by atoms with Crippen LogP contribution in [-0.4, -0.2) is 35.8 Å². The minimum atomic E-state index is -5.05. The van der Waals surface area contributed by atoms with Gasteiger partial charge in [-0.05, 0) is 61.1 Å². The summed E-state index contributed by atoms with van der Waals surface area (Å²) in [5.41, 5.74) is -4.79. The Morgan fingerprint density at radius 2 is 1.53 bits per heavy atom. The summed E-state index contributed by atoms with van der Waals surface area (Å²) in [4.78, 5) is 28.2. The number of ether oxygens (including phenoxy) is 2. The normalized spacial score (nSPS) is 20.3. The standard InChI is InChI=1S/C36H35ClF6N2O4/c1-25(27-17-29(35(38,39)40)19-30(18-27)36(41,42)43)49-24-34(28-11-6-3-7-12-28)15-14-33(22-44,20-31(46)13-8-16-37)23-45(34)32(47)48-21-26-9-4-2-5-10-26/h2-7,9-12,17-19,25H,8,13-16,20-21,23-24H2,1H3/t25-,33-,34-/m1/s1. The largest absolute Gasteiger partial charge is 0.445 e. The molecule has 1 aliphatic heterocycles. The highest BCUT2D eigenvalue weighted by atomic mass is 35.5. The third-order valence-electron chi connectivity index (χ3n) is 8.74. The van der Waals surface area contributed by atoms with Crippen LogP contribution in [0.1, 0.15) is 72.9 Å². The monoisotopic (exact) mass is 708 g/mol. The molecule has 0 aliphatic carbocycles. The van der Waals surface area contributed by atoms with Gasteiger partial charge in [0.2, 0.25) is 0 Å². The summed E-state index contributed by atoms with van der Waals surface area (Å²) in [5, 5.41) is 10.4. The number of rotatable bonds is 12. The fourth-order valence-electron chi connectivity index (χ4n) is 6.01. The van der Waals surface area contributed by atoms with Crippen LogP contribution < -0.4 is 0 Å². The van der Waals surface area contributed by atoms with Gasteiger partial charge in [0.25, 0.3) is 0 Å². The molecule has 4 rings (SSSR count). The first kappa shape index (κ1) is 37.7. The Balaban J connectivity index is 1.74. The molecule has 0 radical (unpaired) electrons. The van der Waals surface area contributed by atoms with E-state index < -0.39 is 46.6 Å². The third-order valence-corrected chi connectivity index (χ3v) is 9.01. The Bertz CT molecular complexity index is 1600. The number of halogens is 7. The average Bonchev–Trinajstić information content (AvgIpc) is 3.09. The molecule has 6 nitrogen and oxygen atoms in total. The van der Waals surface area contributed by atoms with Gasteiger partial charge in [-0.2, -0.15) is 31.6 Å². The van der Waals surface area contributed by atoms with Crippen LogP contribution in [0.2, 0.25) is 0 Å². The maximum Gasteiger partial charge on any atom is 0.416 e. The van der Waals surface area contributed by atoms with Crippen LogP contribution in [0.15, 0.2) is 78.9 Å². The summed E-state index contributed by atoms with van der Waals surface area (Å²) in [6, 6.07) is 20.9. The molecule has 0 saturated carbocycles. The number of carbonyl (C=O) groups excluding carboxylic acids is 2. The van der Waals surface area contributed by atoms with Gasteiger partial charge in [0, 0.05) is 25.3 Å². The molecular formula is C36H35ClF6N2O4. The second-order valence-electron chi connectivity index (χ2n) is 12.2. The highest BCUT2D eigenvalue weighted by Gasteiger charge is 2.53. The van der Waals surface area contributed by atoms with E-state index in [0.717, 1.165) is 0 Å². The molecule has 1 saturated heterocycles. The molecular weight excluding hydrogens is 674 g/mol. The predicted molar refractivity (Wildman–Crippen MR) is 169 cm³/mol. The molecule has 0 spiro atoms. The molecule has 1 heterocycles. The van der Waals surface area contributed by atoms with Gasteiger partial charge in [0.05, 0.1) is 40.9 Å². The number of likely N-dealkylation sites (tertiary alicyclic amines) is 1. The van der Waals surface area contributed by atoms with Crippen LogP contribution in [0.25, 0.3) is 0 Å². The Morgan fingerprint density at radius 3 is 2.08 bits per heavy atom. The van der Waals surface area contributed by atoms with E-state index in [1.165, 1.54) is 11.8 Å². The number of alkyl halides is 7. The van der Waals surface area contributed by atoms with Crippen molar-refractivity contribution in [2.24, 2.45) is 5.41 Å². The lowest BCUT2D eigenvalue weighted by molar-refractivity contribution is -0.143. The van der Waals surface area contributed by atoms with Gasteiger partial charge in [-0.3, -0.25) is 9.69 Å². The van der Waals surface area contributed by atoms with Crippen molar-refractivity contribution >= 4 is 23.5 Å². The lowest BCUT2D eigenvalue weighted by Gasteiger charge is -2.51. The van der Waals surface area contributed by atoms with E-state index in [0.29, 0.717) is 29.7 Å². The van der Waals surface area contributed by atoms with Gasteiger partial charge in [-0.1, -0.05) is 60.7 Å². The zero-order valence-electron chi connectivity index (χ0n) is 26.6. The number of nitriles is 1. The molecule has 1 fully saturated rings. The van der Waals surface area contributed by atoms with Gasteiger partial charge in [0.15, 0.2) is 0 Å². The van der Waals surface area contributed by atoms with E-state index in [2.05, 4.69) is 6.07 Å². The quantitative estimate of drug-likeness (QED) is 0.138.